The molecule has 4 heteroatoms. The van der Waals surface area contributed by atoms with Crippen molar-refractivity contribution in [3.8, 4) is 5.75 Å². The van der Waals surface area contributed by atoms with E-state index in [9.17, 15) is 4.79 Å². The highest BCUT2D eigenvalue weighted by molar-refractivity contribution is 5.94. The second kappa shape index (κ2) is 8.17. The van der Waals surface area contributed by atoms with Gasteiger partial charge in [-0.15, -0.1) is 0 Å². The number of rotatable bonds is 5. The predicted molar refractivity (Wildman–Crippen MR) is 100.0 cm³/mol. The Kier molecular flexibility index (Phi) is 5.71. The molecule has 0 aliphatic carbocycles. The van der Waals surface area contributed by atoms with Crippen LogP contribution in [0, 0.1) is 0 Å². The molecule has 0 bridgehead atoms. The SMILES string of the molecule is CCc1ccc(CN2CCN(C(=O)c3cccc(OC)c3)CC2)cc1. The molecular formula is C21H26N2O2. The first kappa shape index (κ1) is 17.5. The first-order valence-corrected chi connectivity index (χ1v) is 8.93. The first-order chi connectivity index (χ1) is 12.2. The molecule has 1 aliphatic rings. The van der Waals surface area contributed by atoms with Crippen LogP contribution in [0.1, 0.15) is 28.4 Å². The number of methoxy groups -OCH3 is 1. The van der Waals surface area contributed by atoms with Crippen molar-refractivity contribution in [1.82, 2.24) is 9.80 Å². The average molecular weight is 338 g/mol. The van der Waals surface area contributed by atoms with Crippen molar-refractivity contribution in [1.29, 1.82) is 0 Å². The van der Waals surface area contributed by atoms with E-state index in [1.165, 1.54) is 11.1 Å². The van der Waals surface area contributed by atoms with Gasteiger partial charge in [-0.1, -0.05) is 37.3 Å². The summed E-state index contributed by atoms with van der Waals surface area (Å²) in [5.41, 5.74) is 3.41. The molecule has 3 rings (SSSR count). The lowest BCUT2D eigenvalue weighted by atomic mass is 10.1. The normalized spacial score (nSPS) is 15.2. The lowest BCUT2D eigenvalue weighted by Crippen LogP contribution is -2.48. The zero-order valence-corrected chi connectivity index (χ0v) is 15.1. The van der Waals surface area contributed by atoms with Crippen LogP contribution in [0.2, 0.25) is 0 Å². The van der Waals surface area contributed by atoms with Crippen LogP contribution in [0.3, 0.4) is 0 Å². The average Bonchev–Trinajstić information content (AvgIpc) is 2.68. The lowest BCUT2D eigenvalue weighted by molar-refractivity contribution is 0.0628. The van der Waals surface area contributed by atoms with E-state index >= 15 is 0 Å². The van der Waals surface area contributed by atoms with Crippen molar-refractivity contribution in [2.24, 2.45) is 0 Å². The fourth-order valence-electron chi connectivity index (χ4n) is 3.19. The minimum atomic E-state index is 0.0887. The number of hydrogen-bond donors (Lipinski definition) is 0. The van der Waals surface area contributed by atoms with Gasteiger partial charge in [-0.3, -0.25) is 9.69 Å². The second-order valence-electron chi connectivity index (χ2n) is 6.47. The highest BCUT2D eigenvalue weighted by Crippen LogP contribution is 2.16. The Hall–Kier alpha value is -2.33. The minimum absolute atomic E-state index is 0.0887. The van der Waals surface area contributed by atoms with Crippen molar-refractivity contribution < 1.29 is 9.53 Å². The molecule has 1 fully saturated rings. The van der Waals surface area contributed by atoms with Crippen molar-refractivity contribution in [3.63, 3.8) is 0 Å². The molecule has 1 amide bonds. The van der Waals surface area contributed by atoms with Crippen LogP contribution in [0.4, 0.5) is 0 Å². The zero-order chi connectivity index (χ0) is 17.6. The Morgan fingerprint density at radius 1 is 1.00 bits per heavy atom. The van der Waals surface area contributed by atoms with Gasteiger partial charge in [-0.2, -0.15) is 0 Å². The van der Waals surface area contributed by atoms with E-state index in [2.05, 4.69) is 36.1 Å². The topological polar surface area (TPSA) is 32.8 Å². The minimum Gasteiger partial charge on any atom is -0.497 e. The summed E-state index contributed by atoms with van der Waals surface area (Å²) in [7, 11) is 1.62. The smallest absolute Gasteiger partial charge is 0.254 e. The summed E-state index contributed by atoms with van der Waals surface area (Å²) in [5.74, 6) is 0.811. The van der Waals surface area contributed by atoms with Crippen LogP contribution >= 0.6 is 0 Å². The van der Waals surface area contributed by atoms with Gasteiger partial charge in [-0.05, 0) is 35.7 Å². The van der Waals surface area contributed by atoms with Crippen molar-refractivity contribution in [3.05, 3.63) is 65.2 Å². The van der Waals surface area contributed by atoms with E-state index in [1.54, 1.807) is 7.11 Å². The molecule has 0 atom stereocenters. The van der Waals surface area contributed by atoms with Crippen molar-refractivity contribution in [2.45, 2.75) is 19.9 Å². The van der Waals surface area contributed by atoms with E-state index in [0.717, 1.165) is 44.9 Å². The van der Waals surface area contributed by atoms with E-state index in [4.69, 9.17) is 4.74 Å². The summed E-state index contributed by atoms with van der Waals surface area (Å²) in [6.07, 6.45) is 1.07. The summed E-state index contributed by atoms with van der Waals surface area (Å²) in [6.45, 7) is 6.47. The molecule has 2 aromatic carbocycles. The molecule has 25 heavy (non-hydrogen) atoms. The first-order valence-electron chi connectivity index (χ1n) is 8.93. The Morgan fingerprint density at radius 3 is 2.32 bits per heavy atom. The molecule has 0 spiro atoms. The van der Waals surface area contributed by atoms with E-state index in [1.807, 2.05) is 29.2 Å². The van der Waals surface area contributed by atoms with Crippen LogP contribution < -0.4 is 4.74 Å². The van der Waals surface area contributed by atoms with Crippen LogP contribution in [0.5, 0.6) is 5.75 Å². The summed E-state index contributed by atoms with van der Waals surface area (Å²) in [5, 5.41) is 0. The predicted octanol–water partition coefficient (Wildman–Crippen LogP) is 3.22. The highest BCUT2D eigenvalue weighted by atomic mass is 16.5. The standard InChI is InChI=1S/C21H26N2O2/c1-3-17-7-9-18(10-8-17)16-22-11-13-23(14-12-22)21(24)19-5-4-6-20(15-19)25-2/h4-10,15H,3,11-14,16H2,1-2H3. The molecule has 1 saturated heterocycles. The lowest BCUT2D eigenvalue weighted by Gasteiger charge is -2.34. The van der Waals surface area contributed by atoms with Crippen LogP contribution in [-0.2, 0) is 13.0 Å². The highest BCUT2D eigenvalue weighted by Gasteiger charge is 2.22. The van der Waals surface area contributed by atoms with Gasteiger partial charge in [0.25, 0.3) is 5.91 Å². The van der Waals surface area contributed by atoms with Gasteiger partial charge in [0.15, 0.2) is 0 Å². The number of amides is 1. The third-order valence-corrected chi connectivity index (χ3v) is 4.81. The number of carbonyl (C=O) groups excluding carboxylic acids is 1. The largest absolute Gasteiger partial charge is 0.497 e. The Labute approximate surface area is 150 Å². The van der Waals surface area contributed by atoms with Crippen LogP contribution in [-0.4, -0.2) is 49.0 Å². The Balaban J connectivity index is 1.54. The monoisotopic (exact) mass is 338 g/mol. The number of ether oxygens (including phenoxy) is 1. The number of benzene rings is 2. The van der Waals surface area contributed by atoms with Gasteiger partial charge in [0.1, 0.15) is 5.75 Å². The Morgan fingerprint density at radius 2 is 1.68 bits per heavy atom. The maximum absolute atomic E-state index is 12.7. The number of hydrogen-bond acceptors (Lipinski definition) is 3. The molecule has 4 nitrogen and oxygen atoms in total. The van der Waals surface area contributed by atoms with E-state index in [0.29, 0.717) is 5.56 Å². The van der Waals surface area contributed by atoms with E-state index in [-0.39, 0.29) is 5.91 Å². The summed E-state index contributed by atoms with van der Waals surface area (Å²) in [6, 6.07) is 16.2. The number of carbonyl (C=O) groups is 1. The number of piperazine rings is 1. The maximum Gasteiger partial charge on any atom is 0.254 e. The molecular weight excluding hydrogens is 312 g/mol. The molecule has 2 aromatic rings. The number of nitrogens with zero attached hydrogens (tertiary/aromatic N) is 2. The zero-order valence-electron chi connectivity index (χ0n) is 15.1. The van der Waals surface area contributed by atoms with Gasteiger partial charge in [0, 0.05) is 38.3 Å². The van der Waals surface area contributed by atoms with Gasteiger partial charge in [0.05, 0.1) is 7.11 Å². The van der Waals surface area contributed by atoms with Crippen molar-refractivity contribution in [2.75, 3.05) is 33.3 Å². The summed E-state index contributed by atoms with van der Waals surface area (Å²) >= 11 is 0. The van der Waals surface area contributed by atoms with Crippen LogP contribution in [0.15, 0.2) is 48.5 Å². The van der Waals surface area contributed by atoms with Gasteiger partial charge < -0.3 is 9.64 Å². The maximum atomic E-state index is 12.7. The molecule has 0 aromatic heterocycles. The van der Waals surface area contributed by atoms with Crippen LogP contribution in [0.25, 0.3) is 0 Å². The van der Waals surface area contributed by atoms with E-state index < -0.39 is 0 Å². The second-order valence-corrected chi connectivity index (χ2v) is 6.47. The summed E-state index contributed by atoms with van der Waals surface area (Å²) in [4.78, 5) is 17.0. The molecule has 0 N–H and O–H groups in total. The third-order valence-electron chi connectivity index (χ3n) is 4.81. The quantitative estimate of drug-likeness (QED) is 0.839. The summed E-state index contributed by atoms with van der Waals surface area (Å²) < 4.78 is 5.21. The molecule has 0 radical (unpaired) electrons. The fraction of sp³-hybridized carbons (Fsp3) is 0.381. The molecule has 132 valence electrons. The molecule has 1 aliphatic heterocycles. The molecule has 1 heterocycles. The molecule has 0 unspecified atom stereocenters. The van der Waals surface area contributed by atoms with Crippen molar-refractivity contribution >= 4 is 5.91 Å². The fourth-order valence-corrected chi connectivity index (χ4v) is 3.19. The number of aryl methyl sites for hydroxylation is 1. The Bertz CT molecular complexity index is 704. The van der Waals surface area contributed by atoms with Gasteiger partial charge in [0.2, 0.25) is 0 Å². The molecule has 0 saturated carbocycles. The van der Waals surface area contributed by atoms with Gasteiger partial charge in [-0.25, -0.2) is 0 Å². The third kappa shape index (κ3) is 4.40. The van der Waals surface area contributed by atoms with Gasteiger partial charge >= 0.3 is 0 Å².